The molecular formula is C27H31BrN4O5. The third-order valence-corrected chi connectivity index (χ3v) is 8.02. The summed E-state index contributed by atoms with van der Waals surface area (Å²) in [6.45, 7) is 4.72. The van der Waals surface area contributed by atoms with Crippen molar-refractivity contribution < 1.29 is 24.2 Å². The highest BCUT2D eigenvalue weighted by atomic mass is 79.9. The second-order valence-corrected chi connectivity index (χ2v) is 10.7. The van der Waals surface area contributed by atoms with Crippen LogP contribution in [-0.2, 0) is 16.1 Å². The Kier molecular flexibility index (Phi) is 7.50. The minimum Gasteiger partial charge on any atom is -0.496 e. The van der Waals surface area contributed by atoms with Gasteiger partial charge in [-0.15, -0.1) is 0 Å². The van der Waals surface area contributed by atoms with Crippen LogP contribution >= 0.6 is 15.9 Å². The van der Waals surface area contributed by atoms with Gasteiger partial charge in [-0.3, -0.25) is 24.6 Å². The Bertz CT molecular complexity index is 1200. The molecule has 2 fully saturated rings. The Morgan fingerprint density at radius 3 is 2.51 bits per heavy atom. The number of hydrogen-bond donors (Lipinski definition) is 2. The summed E-state index contributed by atoms with van der Waals surface area (Å²) in [5.74, 6) is -0.652. The number of fused-ring (bicyclic) bond motifs is 1. The van der Waals surface area contributed by atoms with E-state index in [2.05, 4.69) is 55.3 Å². The maximum atomic E-state index is 13.2. The van der Waals surface area contributed by atoms with E-state index in [1.54, 1.807) is 6.07 Å². The minimum absolute atomic E-state index is 0.203. The van der Waals surface area contributed by atoms with Gasteiger partial charge in [-0.2, -0.15) is 0 Å². The number of hydrogen-bond acceptors (Lipinski definition) is 7. The predicted molar refractivity (Wildman–Crippen MR) is 141 cm³/mol. The lowest BCUT2D eigenvalue weighted by Gasteiger charge is -2.36. The Morgan fingerprint density at radius 2 is 1.84 bits per heavy atom. The second-order valence-electron chi connectivity index (χ2n) is 9.77. The number of piperidine rings is 1. The number of halogens is 1. The molecular weight excluding hydrogens is 540 g/mol. The van der Waals surface area contributed by atoms with Crippen molar-refractivity contribution in [3.63, 3.8) is 0 Å². The first-order chi connectivity index (χ1) is 17.8. The first kappa shape index (κ1) is 25.7. The van der Waals surface area contributed by atoms with Gasteiger partial charge in [0, 0.05) is 55.8 Å². The van der Waals surface area contributed by atoms with Crippen LogP contribution in [0.2, 0.25) is 0 Å². The van der Waals surface area contributed by atoms with Crippen LogP contribution in [0.3, 0.4) is 0 Å². The average Bonchev–Trinajstić information content (AvgIpc) is 3.23. The number of piperazine rings is 1. The quantitative estimate of drug-likeness (QED) is 0.493. The molecule has 196 valence electrons. The van der Waals surface area contributed by atoms with E-state index in [0.29, 0.717) is 29.7 Å². The molecule has 5 rings (SSSR count). The van der Waals surface area contributed by atoms with Crippen molar-refractivity contribution in [3.8, 4) is 5.75 Å². The smallest absolute Gasteiger partial charge is 0.258 e. The lowest BCUT2D eigenvalue weighted by molar-refractivity contribution is -0.136. The Hall–Kier alpha value is -2.95. The van der Waals surface area contributed by atoms with Crippen LogP contribution in [0.1, 0.15) is 46.9 Å². The summed E-state index contributed by atoms with van der Waals surface area (Å²) in [6, 6.07) is 11.2. The SMILES string of the molecule is COc1cc([C@H](O)CCN2CCN(c3ccc(Br)cc3)CC2)cc2c1C(=O)N(C1CCC(=O)NC1=O)C2. The third kappa shape index (κ3) is 5.37. The molecule has 3 heterocycles. The van der Waals surface area contributed by atoms with Crippen molar-refractivity contribution in [2.75, 3.05) is 44.7 Å². The number of nitrogens with one attached hydrogen (secondary N) is 1. The molecule has 0 radical (unpaired) electrons. The van der Waals surface area contributed by atoms with E-state index in [0.717, 1.165) is 42.8 Å². The van der Waals surface area contributed by atoms with Crippen molar-refractivity contribution >= 4 is 39.3 Å². The number of imide groups is 1. The summed E-state index contributed by atoms with van der Waals surface area (Å²) in [5, 5.41) is 13.3. The van der Waals surface area contributed by atoms with Gasteiger partial charge < -0.3 is 19.6 Å². The zero-order chi connectivity index (χ0) is 26.1. The molecule has 3 aliphatic rings. The second kappa shape index (κ2) is 10.8. The molecule has 0 bridgehead atoms. The average molecular weight is 571 g/mol. The molecule has 10 heteroatoms. The highest BCUT2D eigenvalue weighted by molar-refractivity contribution is 9.10. The molecule has 1 unspecified atom stereocenters. The van der Waals surface area contributed by atoms with Gasteiger partial charge in [0.2, 0.25) is 11.8 Å². The largest absolute Gasteiger partial charge is 0.496 e. The van der Waals surface area contributed by atoms with E-state index in [4.69, 9.17) is 4.74 Å². The molecule has 37 heavy (non-hydrogen) atoms. The molecule has 0 spiro atoms. The highest BCUT2D eigenvalue weighted by Gasteiger charge is 2.41. The van der Waals surface area contributed by atoms with Crippen molar-refractivity contribution in [2.24, 2.45) is 0 Å². The van der Waals surface area contributed by atoms with Gasteiger partial charge >= 0.3 is 0 Å². The number of benzene rings is 2. The first-order valence-corrected chi connectivity index (χ1v) is 13.4. The molecule has 0 aromatic heterocycles. The van der Waals surface area contributed by atoms with Crippen LogP contribution in [0.5, 0.6) is 5.75 Å². The molecule has 9 nitrogen and oxygen atoms in total. The van der Waals surface area contributed by atoms with Gasteiger partial charge in [0.05, 0.1) is 18.8 Å². The van der Waals surface area contributed by atoms with Crippen molar-refractivity contribution in [1.29, 1.82) is 0 Å². The molecule has 2 N–H and O–H groups in total. The van der Waals surface area contributed by atoms with E-state index in [1.165, 1.54) is 17.7 Å². The number of amides is 3. The summed E-state index contributed by atoms with van der Waals surface area (Å²) in [4.78, 5) is 43.3. The maximum absolute atomic E-state index is 13.2. The van der Waals surface area contributed by atoms with Crippen LogP contribution in [0.25, 0.3) is 0 Å². The molecule has 2 saturated heterocycles. The Balaban J connectivity index is 1.21. The van der Waals surface area contributed by atoms with Gasteiger partial charge in [0.1, 0.15) is 11.8 Å². The fourth-order valence-corrected chi connectivity index (χ4v) is 5.67. The van der Waals surface area contributed by atoms with Crippen molar-refractivity contribution in [1.82, 2.24) is 15.1 Å². The van der Waals surface area contributed by atoms with Crippen LogP contribution in [-0.4, -0.2) is 78.5 Å². The molecule has 2 aromatic carbocycles. The van der Waals surface area contributed by atoms with Gasteiger partial charge in [-0.25, -0.2) is 0 Å². The van der Waals surface area contributed by atoms with Gasteiger partial charge in [-0.1, -0.05) is 22.0 Å². The highest BCUT2D eigenvalue weighted by Crippen LogP contribution is 2.36. The number of aliphatic hydroxyl groups is 1. The summed E-state index contributed by atoms with van der Waals surface area (Å²) in [5.41, 5.74) is 3.06. The molecule has 2 atom stereocenters. The number of methoxy groups -OCH3 is 1. The van der Waals surface area contributed by atoms with Crippen molar-refractivity contribution in [2.45, 2.75) is 38.0 Å². The van der Waals surface area contributed by atoms with Crippen LogP contribution in [0.4, 0.5) is 5.69 Å². The minimum atomic E-state index is -0.705. The fraction of sp³-hybridized carbons (Fsp3) is 0.444. The van der Waals surface area contributed by atoms with Crippen LogP contribution in [0.15, 0.2) is 40.9 Å². The Labute approximate surface area is 224 Å². The number of ether oxygens (including phenoxy) is 1. The number of carbonyl (C=O) groups is 3. The number of rotatable bonds is 7. The summed E-state index contributed by atoms with van der Waals surface area (Å²) in [7, 11) is 1.50. The molecule has 3 amide bonds. The van der Waals surface area contributed by atoms with E-state index in [9.17, 15) is 19.5 Å². The van der Waals surface area contributed by atoms with Crippen LogP contribution < -0.4 is 15.0 Å². The zero-order valence-corrected chi connectivity index (χ0v) is 22.4. The summed E-state index contributed by atoms with van der Waals surface area (Å²) in [6.07, 6.45) is 0.362. The Morgan fingerprint density at radius 1 is 1.11 bits per heavy atom. The molecule has 2 aromatic rings. The monoisotopic (exact) mass is 570 g/mol. The lowest BCUT2D eigenvalue weighted by Crippen LogP contribution is -2.52. The normalized spacial score (nSPS) is 21.2. The number of carbonyl (C=O) groups excluding carboxylic acids is 3. The standard InChI is InChI=1S/C27H31BrN4O5/c1-37-23-15-17(14-18-16-32(27(36)25(18)23)21-6-7-24(34)29-26(21)35)22(33)8-9-30-10-12-31(13-11-30)20-4-2-19(28)3-5-20/h2-5,14-15,21-22,33H,6-13,16H2,1H3,(H,29,34,35)/t21?,22-/m1/s1. The molecule has 0 aliphatic carbocycles. The number of anilines is 1. The van der Waals surface area contributed by atoms with E-state index in [-0.39, 0.29) is 24.8 Å². The third-order valence-electron chi connectivity index (χ3n) is 7.50. The molecule has 3 aliphatic heterocycles. The topological polar surface area (TPSA) is 102 Å². The predicted octanol–water partition coefficient (Wildman–Crippen LogP) is 2.46. The van der Waals surface area contributed by atoms with Gasteiger partial charge in [0.25, 0.3) is 5.91 Å². The van der Waals surface area contributed by atoms with Crippen LogP contribution in [0, 0.1) is 0 Å². The number of nitrogens with zero attached hydrogens (tertiary/aromatic N) is 3. The van der Waals surface area contributed by atoms with Gasteiger partial charge in [-0.05, 0) is 54.3 Å². The number of aliphatic hydroxyl groups excluding tert-OH is 1. The van der Waals surface area contributed by atoms with E-state index in [1.807, 2.05) is 6.07 Å². The van der Waals surface area contributed by atoms with Gasteiger partial charge in [0.15, 0.2) is 0 Å². The van der Waals surface area contributed by atoms with Crippen molar-refractivity contribution in [3.05, 3.63) is 57.6 Å². The molecule has 0 saturated carbocycles. The first-order valence-electron chi connectivity index (χ1n) is 12.6. The zero-order valence-electron chi connectivity index (χ0n) is 20.8. The summed E-state index contributed by atoms with van der Waals surface area (Å²) >= 11 is 3.48. The maximum Gasteiger partial charge on any atom is 0.258 e. The lowest BCUT2D eigenvalue weighted by atomic mass is 9.99. The summed E-state index contributed by atoms with van der Waals surface area (Å²) < 4.78 is 6.59. The van der Waals surface area contributed by atoms with E-state index < -0.39 is 18.1 Å². The fourth-order valence-electron chi connectivity index (χ4n) is 5.40. The van der Waals surface area contributed by atoms with E-state index >= 15 is 0 Å².